The average molecular weight is 306 g/mol. The van der Waals surface area contributed by atoms with Crippen molar-refractivity contribution in [3.63, 3.8) is 0 Å². The van der Waals surface area contributed by atoms with Gasteiger partial charge in [-0.2, -0.15) is 5.10 Å². The molecule has 1 fully saturated rings. The lowest BCUT2D eigenvalue weighted by Crippen LogP contribution is -2.51. The van der Waals surface area contributed by atoms with E-state index in [0.717, 1.165) is 18.1 Å². The quantitative estimate of drug-likeness (QED) is 0.944. The average Bonchev–Trinajstić information content (AvgIpc) is 2.95. The third-order valence-corrected chi connectivity index (χ3v) is 3.71. The number of amides is 1. The van der Waals surface area contributed by atoms with Gasteiger partial charge in [-0.25, -0.2) is 8.78 Å². The summed E-state index contributed by atoms with van der Waals surface area (Å²) in [5.41, 5.74) is 2.08. The lowest BCUT2D eigenvalue weighted by Gasteiger charge is -2.40. The van der Waals surface area contributed by atoms with Crippen molar-refractivity contribution in [1.82, 2.24) is 20.1 Å². The first-order chi connectivity index (χ1) is 10.4. The molecule has 7 heteroatoms. The molecular weight excluding hydrogens is 290 g/mol. The monoisotopic (exact) mass is 306 g/mol. The van der Waals surface area contributed by atoms with Crippen molar-refractivity contribution in [2.45, 2.75) is 19.3 Å². The molecule has 5 nitrogen and oxygen atoms in total. The largest absolute Gasteiger partial charge is 0.337 e. The zero-order valence-electron chi connectivity index (χ0n) is 12.1. The molecule has 0 aliphatic carbocycles. The standard InChI is InChI=1S/C15H16F2N4O/c1-15(16,17)4-10-8-21(9-10)14(22)13-3-2-11(5-18-13)12-6-19-20-7-12/h2-3,5-7,10H,4,8-9H2,1H3,(H,19,20). The normalized spacial score (nSPS) is 15.7. The van der Waals surface area contributed by atoms with Gasteiger partial charge >= 0.3 is 0 Å². The van der Waals surface area contributed by atoms with E-state index in [-0.39, 0.29) is 18.2 Å². The first-order valence-corrected chi connectivity index (χ1v) is 7.05. The minimum Gasteiger partial charge on any atom is -0.337 e. The predicted molar refractivity (Wildman–Crippen MR) is 76.5 cm³/mol. The number of hydrogen-bond acceptors (Lipinski definition) is 3. The van der Waals surface area contributed by atoms with Crippen LogP contribution in [0.5, 0.6) is 0 Å². The van der Waals surface area contributed by atoms with Gasteiger partial charge in [-0.1, -0.05) is 6.07 Å². The highest BCUT2D eigenvalue weighted by molar-refractivity contribution is 5.93. The maximum atomic E-state index is 12.9. The van der Waals surface area contributed by atoms with Gasteiger partial charge in [0.2, 0.25) is 5.92 Å². The van der Waals surface area contributed by atoms with Crippen LogP contribution in [0.25, 0.3) is 11.1 Å². The van der Waals surface area contributed by atoms with Crippen molar-refractivity contribution in [3.8, 4) is 11.1 Å². The molecule has 1 N–H and O–H groups in total. The van der Waals surface area contributed by atoms with Crippen molar-refractivity contribution in [2.24, 2.45) is 5.92 Å². The van der Waals surface area contributed by atoms with Gasteiger partial charge in [0.05, 0.1) is 6.20 Å². The van der Waals surface area contributed by atoms with Crippen LogP contribution in [-0.2, 0) is 0 Å². The van der Waals surface area contributed by atoms with E-state index in [0.29, 0.717) is 18.8 Å². The second-order valence-electron chi connectivity index (χ2n) is 5.77. The Hall–Kier alpha value is -2.31. The highest BCUT2D eigenvalue weighted by atomic mass is 19.3. The SMILES string of the molecule is CC(F)(F)CC1CN(C(=O)c2ccc(-c3cn[nH]c3)cn2)C1. The highest BCUT2D eigenvalue weighted by Crippen LogP contribution is 2.29. The Morgan fingerprint density at radius 2 is 2.14 bits per heavy atom. The molecule has 3 rings (SSSR count). The Labute approximate surface area is 126 Å². The molecular formula is C15H16F2N4O. The van der Waals surface area contributed by atoms with Gasteiger partial charge in [0, 0.05) is 43.0 Å². The van der Waals surface area contributed by atoms with E-state index in [1.54, 1.807) is 35.6 Å². The van der Waals surface area contributed by atoms with Crippen LogP contribution in [0.4, 0.5) is 8.78 Å². The summed E-state index contributed by atoms with van der Waals surface area (Å²) >= 11 is 0. The number of likely N-dealkylation sites (tertiary alicyclic amines) is 1. The predicted octanol–water partition coefficient (Wildman–Crippen LogP) is 2.59. The fourth-order valence-corrected chi connectivity index (χ4v) is 2.63. The topological polar surface area (TPSA) is 61.9 Å². The molecule has 116 valence electrons. The minimum atomic E-state index is -2.68. The van der Waals surface area contributed by atoms with Crippen LogP contribution in [0.3, 0.4) is 0 Å². The third-order valence-electron chi connectivity index (χ3n) is 3.71. The maximum absolute atomic E-state index is 12.9. The summed E-state index contributed by atoms with van der Waals surface area (Å²) in [6.07, 6.45) is 4.84. The van der Waals surface area contributed by atoms with Crippen molar-refractivity contribution >= 4 is 5.91 Å². The molecule has 1 aliphatic heterocycles. The number of H-pyrrole nitrogens is 1. The molecule has 0 atom stereocenters. The van der Waals surface area contributed by atoms with E-state index in [1.165, 1.54) is 0 Å². The first-order valence-electron chi connectivity index (χ1n) is 7.05. The number of alkyl halides is 2. The van der Waals surface area contributed by atoms with Gasteiger partial charge < -0.3 is 4.90 Å². The van der Waals surface area contributed by atoms with Crippen molar-refractivity contribution in [1.29, 1.82) is 0 Å². The van der Waals surface area contributed by atoms with E-state index in [9.17, 15) is 13.6 Å². The van der Waals surface area contributed by atoms with Crippen molar-refractivity contribution in [2.75, 3.05) is 13.1 Å². The van der Waals surface area contributed by atoms with Crippen LogP contribution in [-0.4, -0.2) is 45.0 Å². The van der Waals surface area contributed by atoms with E-state index in [2.05, 4.69) is 15.2 Å². The summed E-state index contributed by atoms with van der Waals surface area (Å²) in [6, 6.07) is 3.44. The lowest BCUT2D eigenvalue weighted by atomic mass is 9.93. The molecule has 0 bridgehead atoms. The first kappa shape index (κ1) is 14.6. The Morgan fingerprint density at radius 1 is 1.36 bits per heavy atom. The molecule has 0 radical (unpaired) electrons. The molecule has 3 heterocycles. The molecule has 0 spiro atoms. The maximum Gasteiger partial charge on any atom is 0.272 e. The molecule has 0 unspecified atom stereocenters. The number of aromatic amines is 1. The van der Waals surface area contributed by atoms with E-state index < -0.39 is 5.92 Å². The molecule has 2 aromatic heterocycles. The van der Waals surface area contributed by atoms with Crippen molar-refractivity contribution < 1.29 is 13.6 Å². The van der Waals surface area contributed by atoms with Gasteiger partial charge in [0.1, 0.15) is 5.69 Å². The van der Waals surface area contributed by atoms with E-state index in [4.69, 9.17) is 0 Å². The fourth-order valence-electron chi connectivity index (χ4n) is 2.63. The Kier molecular flexibility index (Phi) is 3.64. The number of pyridine rings is 1. The Balaban J connectivity index is 1.60. The van der Waals surface area contributed by atoms with Crippen LogP contribution in [0.1, 0.15) is 23.8 Å². The summed E-state index contributed by atoms with van der Waals surface area (Å²) < 4.78 is 25.8. The number of carbonyl (C=O) groups excluding carboxylic acids is 1. The van der Waals surface area contributed by atoms with Crippen LogP contribution in [0.15, 0.2) is 30.7 Å². The van der Waals surface area contributed by atoms with Crippen LogP contribution >= 0.6 is 0 Å². The Bertz CT molecular complexity index is 643. The van der Waals surface area contributed by atoms with Crippen LogP contribution in [0, 0.1) is 5.92 Å². The molecule has 0 aromatic carbocycles. The number of hydrogen-bond donors (Lipinski definition) is 1. The van der Waals surface area contributed by atoms with Gasteiger partial charge in [0.25, 0.3) is 5.91 Å². The van der Waals surface area contributed by atoms with Gasteiger partial charge in [-0.15, -0.1) is 0 Å². The zero-order valence-corrected chi connectivity index (χ0v) is 12.1. The Morgan fingerprint density at radius 3 is 2.68 bits per heavy atom. The third kappa shape index (κ3) is 3.13. The molecule has 1 aliphatic rings. The second-order valence-corrected chi connectivity index (χ2v) is 5.77. The smallest absolute Gasteiger partial charge is 0.272 e. The van der Waals surface area contributed by atoms with Crippen LogP contribution < -0.4 is 0 Å². The van der Waals surface area contributed by atoms with Crippen LogP contribution in [0.2, 0.25) is 0 Å². The molecule has 0 saturated carbocycles. The molecule has 1 amide bonds. The molecule has 1 saturated heterocycles. The minimum absolute atomic E-state index is 0.130. The van der Waals surface area contributed by atoms with E-state index >= 15 is 0 Å². The van der Waals surface area contributed by atoms with Crippen molar-refractivity contribution in [3.05, 3.63) is 36.4 Å². The summed E-state index contributed by atoms with van der Waals surface area (Å²) in [6.45, 7) is 1.65. The number of carbonyl (C=O) groups is 1. The zero-order chi connectivity index (χ0) is 15.7. The second kappa shape index (κ2) is 5.47. The summed E-state index contributed by atoms with van der Waals surface area (Å²) in [7, 11) is 0. The number of aromatic nitrogens is 3. The number of rotatable bonds is 4. The molecule has 22 heavy (non-hydrogen) atoms. The van der Waals surface area contributed by atoms with Gasteiger partial charge in [-0.05, 0) is 18.9 Å². The number of nitrogens with one attached hydrogen (secondary N) is 1. The van der Waals surface area contributed by atoms with Gasteiger partial charge in [0.15, 0.2) is 0 Å². The summed E-state index contributed by atoms with van der Waals surface area (Å²) in [4.78, 5) is 17.9. The highest BCUT2D eigenvalue weighted by Gasteiger charge is 2.37. The molecule has 2 aromatic rings. The fraction of sp³-hybridized carbons (Fsp3) is 0.400. The lowest BCUT2D eigenvalue weighted by molar-refractivity contribution is -0.0316. The van der Waals surface area contributed by atoms with Gasteiger partial charge in [-0.3, -0.25) is 14.9 Å². The summed E-state index contributed by atoms with van der Waals surface area (Å²) in [5, 5.41) is 6.57. The number of halogens is 2. The summed E-state index contributed by atoms with van der Waals surface area (Å²) in [5.74, 6) is -3.02. The van der Waals surface area contributed by atoms with E-state index in [1.807, 2.05) is 0 Å². The number of nitrogens with zero attached hydrogens (tertiary/aromatic N) is 3.